The van der Waals surface area contributed by atoms with Crippen molar-refractivity contribution in [3.63, 3.8) is 0 Å². The van der Waals surface area contributed by atoms with Crippen molar-refractivity contribution in [3.8, 4) is 0 Å². The minimum Gasteiger partial charge on any atom is -0.481 e. The molecule has 2 N–H and O–H groups in total. The summed E-state index contributed by atoms with van der Waals surface area (Å²) in [6.45, 7) is 0. The Balaban J connectivity index is 1.51. The molecule has 0 heterocycles. The molecule has 4 bridgehead atoms. The lowest BCUT2D eigenvalue weighted by Crippen LogP contribution is -2.37. The highest BCUT2D eigenvalue weighted by molar-refractivity contribution is 5.75. The maximum Gasteiger partial charge on any atom is 0.309 e. The van der Waals surface area contributed by atoms with Crippen LogP contribution in [0.5, 0.6) is 0 Å². The fourth-order valence-electron chi connectivity index (χ4n) is 6.41. The third-order valence-electron chi connectivity index (χ3n) is 7.64. The topological polar surface area (TPSA) is 74.6 Å². The summed E-state index contributed by atoms with van der Waals surface area (Å²) in [5.74, 6) is 1.76. The third-order valence-corrected chi connectivity index (χ3v) is 7.64. The van der Waals surface area contributed by atoms with Gasteiger partial charge in [-0.2, -0.15) is 0 Å². The first kappa shape index (κ1) is 17.8. The number of carboxylic acids is 2. The molecule has 0 aromatic rings. The second kappa shape index (κ2) is 6.86. The fraction of sp³-hybridized carbons (Fsp3) is 0.727. The Kier molecular flexibility index (Phi) is 4.70. The number of rotatable bonds is 9. The normalized spacial score (nSPS) is 38.8. The van der Waals surface area contributed by atoms with Crippen molar-refractivity contribution < 1.29 is 19.8 Å². The molecule has 0 aromatic carbocycles. The van der Waals surface area contributed by atoms with E-state index in [4.69, 9.17) is 5.11 Å². The van der Waals surface area contributed by atoms with Gasteiger partial charge < -0.3 is 10.2 Å². The zero-order chi connectivity index (χ0) is 18.3. The van der Waals surface area contributed by atoms with Gasteiger partial charge in [-0.15, -0.1) is 0 Å². The highest BCUT2D eigenvalue weighted by atomic mass is 16.4. The molecule has 2 fully saturated rings. The van der Waals surface area contributed by atoms with Crippen LogP contribution < -0.4 is 0 Å². The molecule has 6 unspecified atom stereocenters. The second-order valence-electron chi connectivity index (χ2n) is 9.32. The molecule has 0 spiro atoms. The Morgan fingerprint density at radius 2 is 1.38 bits per heavy atom. The number of carbonyl (C=O) groups is 2. The Labute approximate surface area is 155 Å². The average Bonchev–Trinajstić information content (AvgIpc) is 3.35. The van der Waals surface area contributed by atoms with Crippen LogP contribution in [0.25, 0.3) is 0 Å². The Morgan fingerprint density at radius 1 is 0.846 bits per heavy atom. The molecule has 4 aliphatic rings. The molecule has 2 saturated carbocycles. The van der Waals surface area contributed by atoms with Crippen LogP contribution in [0, 0.1) is 40.9 Å². The highest BCUT2D eigenvalue weighted by Crippen LogP contribution is 2.54. The van der Waals surface area contributed by atoms with E-state index in [1.807, 2.05) is 0 Å². The summed E-state index contributed by atoms with van der Waals surface area (Å²) in [5.41, 5.74) is -0.749. The Bertz CT molecular complexity index is 598. The lowest BCUT2D eigenvalue weighted by molar-refractivity contribution is -0.153. The molecule has 26 heavy (non-hydrogen) atoms. The van der Waals surface area contributed by atoms with E-state index in [2.05, 4.69) is 24.3 Å². The lowest BCUT2D eigenvalue weighted by Gasteiger charge is -2.37. The maximum absolute atomic E-state index is 12.5. The van der Waals surface area contributed by atoms with Crippen molar-refractivity contribution in [1.29, 1.82) is 0 Å². The SMILES string of the molecule is O=C(O)CCCC(CC1CC2C=CC1C2)(CC1CC2C=CC1C2)C(=O)O. The van der Waals surface area contributed by atoms with Crippen LogP contribution in [0.4, 0.5) is 0 Å². The minimum absolute atomic E-state index is 0.0717. The number of carboxylic acid groups (broad SMARTS) is 2. The summed E-state index contributed by atoms with van der Waals surface area (Å²) < 4.78 is 0. The van der Waals surface area contributed by atoms with Gasteiger partial charge in [0.2, 0.25) is 0 Å². The summed E-state index contributed by atoms with van der Waals surface area (Å²) in [4.78, 5) is 23.5. The van der Waals surface area contributed by atoms with E-state index in [1.54, 1.807) is 0 Å². The summed E-state index contributed by atoms with van der Waals surface area (Å²) >= 11 is 0. The van der Waals surface area contributed by atoms with E-state index < -0.39 is 17.4 Å². The summed E-state index contributed by atoms with van der Waals surface area (Å²) in [6, 6.07) is 0. The van der Waals surface area contributed by atoms with Crippen molar-refractivity contribution in [2.24, 2.45) is 40.9 Å². The van der Waals surface area contributed by atoms with Crippen LogP contribution in [0.1, 0.15) is 57.8 Å². The van der Waals surface area contributed by atoms with Gasteiger partial charge >= 0.3 is 11.9 Å². The van der Waals surface area contributed by atoms with Crippen molar-refractivity contribution in [1.82, 2.24) is 0 Å². The molecule has 0 radical (unpaired) electrons. The predicted molar refractivity (Wildman–Crippen MR) is 98.5 cm³/mol. The molecule has 0 aromatic heterocycles. The van der Waals surface area contributed by atoms with Crippen LogP contribution in [0.15, 0.2) is 24.3 Å². The van der Waals surface area contributed by atoms with Crippen LogP contribution in [0.3, 0.4) is 0 Å². The molecule has 6 atom stereocenters. The molecular formula is C22H30O4. The first-order valence-corrected chi connectivity index (χ1v) is 10.3. The van der Waals surface area contributed by atoms with Gasteiger partial charge in [-0.3, -0.25) is 9.59 Å². The van der Waals surface area contributed by atoms with Crippen LogP contribution in [-0.4, -0.2) is 22.2 Å². The zero-order valence-corrected chi connectivity index (χ0v) is 15.3. The van der Waals surface area contributed by atoms with E-state index in [0.29, 0.717) is 48.3 Å². The summed E-state index contributed by atoms with van der Waals surface area (Å²) in [5, 5.41) is 19.3. The van der Waals surface area contributed by atoms with Gasteiger partial charge in [-0.05, 0) is 86.9 Å². The van der Waals surface area contributed by atoms with E-state index in [1.165, 1.54) is 12.8 Å². The molecule has 4 rings (SSSR count). The van der Waals surface area contributed by atoms with E-state index in [-0.39, 0.29) is 6.42 Å². The number of allylic oxidation sites excluding steroid dienone is 4. The summed E-state index contributed by atoms with van der Waals surface area (Å²) in [6.07, 6.45) is 16.3. The monoisotopic (exact) mass is 358 g/mol. The first-order chi connectivity index (χ1) is 12.4. The van der Waals surface area contributed by atoms with Gasteiger partial charge in [-0.25, -0.2) is 0 Å². The molecular weight excluding hydrogens is 328 g/mol. The van der Waals surface area contributed by atoms with E-state index in [0.717, 1.165) is 25.7 Å². The van der Waals surface area contributed by atoms with Gasteiger partial charge in [-0.1, -0.05) is 24.3 Å². The predicted octanol–water partition coefficient (Wildman–Crippen LogP) is 4.52. The van der Waals surface area contributed by atoms with Crippen molar-refractivity contribution in [3.05, 3.63) is 24.3 Å². The second-order valence-corrected chi connectivity index (χ2v) is 9.32. The molecule has 4 aliphatic carbocycles. The molecule has 0 amide bonds. The first-order valence-electron chi connectivity index (χ1n) is 10.3. The van der Waals surface area contributed by atoms with Gasteiger partial charge in [0.15, 0.2) is 0 Å². The van der Waals surface area contributed by atoms with Crippen LogP contribution >= 0.6 is 0 Å². The number of hydrogen-bond acceptors (Lipinski definition) is 2. The minimum atomic E-state index is -0.824. The van der Waals surface area contributed by atoms with Gasteiger partial charge in [0, 0.05) is 6.42 Å². The van der Waals surface area contributed by atoms with Crippen molar-refractivity contribution in [2.75, 3.05) is 0 Å². The van der Waals surface area contributed by atoms with Crippen LogP contribution in [-0.2, 0) is 9.59 Å². The Hall–Kier alpha value is -1.58. The zero-order valence-electron chi connectivity index (χ0n) is 15.3. The van der Waals surface area contributed by atoms with Gasteiger partial charge in [0.05, 0.1) is 5.41 Å². The largest absolute Gasteiger partial charge is 0.481 e. The smallest absolute Gasteiger partial charge is 0.309 e. The highest BCUT2D eigenvalue weighted by Gasteiger charge is 2.48. The van der Waals surface area contributed by atoms with E-state index >= 15 is 0 Å². The number of hydrogen-bond donors (Lipinski definition) is 2. The molecule has 142 valence electrons. The standard InChI is InChI=1S/C22H30O4/c23-20(24)2-1-7-22(21(25)26,12-18-10-14-3-5-16(18)8-14)13-19-11-15-4-6-17(19)9-15/h3-6,14-19H,1-2,7-13H2,(H,23,24)(H,25,26). The molecule has 4 nitrogen and oxygen atoms in total. The van der Waals surface area contributed by atoms with E-state index in [9.17, 15) is 14.7 Å². The lowest BCUT2D eigenvalue weighted by atomic mass is 9.66. The number of fused-ring (bicyclic) bond motifs is 4. The molecule has 4 heteroatoms. The summed E-state index contributed by atoms with van der Waals surface area (Å²) in [7, 11) is 0. The molecule has 0 aliphatic heterocycles. The van der Waals surface area contributed by atoms with Crippen molar-refractivity contribution >= 4 is 11.9 Å². The molecule has 0 saturated heterocycles. The fourth-order valence-corrected chi connectivity index (χ4v) is 6.41. The van der Waals surface area contributed by atoms with Crippen molar-refractivity contribution in [2.45, 2.75) is 57.8 Å². The third kappa shape index (κ3) is 3.35. The maximum atomic E-state index is 12.5. The quantitative estimate of drug-likeness (QED) is 0.594. The number of aliphatic carboxylic acids is 2. The average molecular weight is 358 g/mol. The van der Waals surface area contributed by atoms with Crippen LogP contribution in [0.2, 0.25) is 0 Å². The van der Waals surface area contributed by atoms with Gasteiger partial charge in [0.25, 0.3) is 0 Å². The Morgan fingerprint density at radius 3 is 1.73 bits per heavy atom. The van der Waals surface area contributed by atoms with Gasteiger partial charge in [0.1, 0.15) is 0 Å².